The Balaban J connectivity index is 2.66. The number of methoxy groups -OCH3 is 1. The predicted octanol–water partition coefficient (Wildman–Crippen LogP) is 2.27. The van der Waals surface area contributed by atoms with E-state index in [-0.39, 0.29) is 23.3 Å². The van der Waals surface area contributed by atoms with Gasteiger partial charge in [0.1, 0.15) is 11.5 Å². The molecule has 18 heavy (non-hydrogen) atoms. The minimum Gasteiger partial charge on any atom is -0.507 e. The van der Waals surface area contributed by atoms with Gasteiger partial charge in [-0.15, -0.1) is 0 Å². The first-order valence-electron chi connectivity index (χ1n) is 5.75. The molecule has 0 heterocycles. The minimum absolute atomic E-state index is 0.0658. The molecule has 0 aliphatic heterocycles. The van der Waals surface area contributed by atoms with Crippen molar-refractivity contribution in [1.29, 1.82) is 0 Å². The van der Waals surface area contributed by atoms with Crippen LogP contribution in [0.4, 0.5) is 0 Å². The maximum Gasteiger partial charge on any atom is 0.255 e. The van der Waals surface area contributed by atoms with Gasteiger partial charge in [-0.3, -0.25) is 4.79 Å². The summed E-state index contributed by atoms with van der Waals surface area (Å²) >= 11 is 1.74. The molecule has 1 aromatic rings. The van der Waals surface area contributed by atoms with Gasteiger partial charge in [0.15, 0.2) is 0 Å². The number of nitrogens with one attached hydrogen (secondary N) is 1. The molecule has 0 radical (unpaired) electrons. The van der Waals surface area contributed by atoms with Crippen LogP contribution in [-0.2, 0) is 0 Å². The third-order valence-electron chi connectivity index (χ3n) is 2.58. The van der Waals surface area contributed by atoms with E-state index in [2.05, 4.69) is 5.32 Å². The second kappa shape index (κ2) is 7.16. The first kappa shape index (κ1) is 14.7. The van der Waals surface area contributed by atoms with Gasteiger partial charge in [0, 0.05) is 12.1 Å². The summed E-state index contributed by atoms with van der Waals surface area (Å²) in [4.78, 5) is 11.9. The topological polar surface area (TPSA) is 58.6 Å². The first-order chi connectivity index (χ1) is 8.58. The van der Waals surface area contributed by atoms with E-state index < -0.39 is 0 Å². The first-order valence-corrected chi connectivity index (χ1v) is 7.14. The Bertz CT molecular complexity index is 409. The van der Waals surface area contributed by atoms with Crippen LogP contribution in [0.1, 0.15) is 23.7 Å². The Kier molecular flexibility index (Phi) is 5.85. The lowest BCUT2D eigenvalue weighted by Crippen LogP contribution is -2.32. The predicted molar refractivity (Wildman–Crippen MR) is 74.6 cm³/mol. The monoisotopic (exact) mass is 269 g/mol. The Labute approximate surface area is 112 Å². The fourth-order valence-electron chi connectivity index (χ4n) is 1.50. The summed E-state index contributed by atoms with van der Waals surface area (Å²) in [7, 11) is 1.51. The lowest BCUT2D eigenvalue weighted by atomic mass is 10.1. The van der Waals surface area contributed by atoms with E-state index >= 15 is 0 Å². The summed E-state index contributed by atoms with van der Waals surface area (Å²) < 4.78 is 4.97. The molecule has 0 spiro atoms. The van der Waals surface area contributed by atoms with Crippen molar-refractivity contribution in [3.63, 3.8) is 0 Å². The Morgan fingerprint density at radius 1 is 1.56 bits per heavy atom. The van der Waals surface area contributed by atoms with Crippen molar-refractivity contribution in [3.8, 4) is 11.5 Å². The molecular weight excluding hydrogens is 250 g/mol. The Hall–Kier alpha value is -1.36. The molecule has 4 nitrogen and oxygen atoms in total. The van der Waals surface area contributed by atoms with Crippen molar-refractivity contribution in [3.05, 3.63) is 23.8 Å². The summed E-state index contributed by atoms with van der Waals surface area (Å²) in [6, 6.07) is 4.74. The molecule has 1 atom stereocenters. The van der Waals surface area contributed by atoms with E-state index in [1.54, 1.807) is 23.9 Å². The van der Waals surface area contributed by atoms with Crippen LogP contribution in [0.15, 0.2) is 18.2 Å². The second-order valence-electron chi connectivity index (χ2n) is 4.04. The smallest absolute Gasteiger partial charge is 0.255 e. The molecule has 0 saturated heterocycles. The summed E-state index contributed by atoms with van der Waals surface area (Å²) in [6.07, 6.45) is 2.94. The number of aromatic hydroxyl groups is 1. The van der Waals surface area contributed by atoms with Crippen LogP contribution in [0.25, 0.3) is 0 Å². The van der Waals surface area contributed by atoms with Crippen molar-refractivity contribution in [1.82, 2.24) is 5.32 Å². The van der Waals surface area contributed by atoms with Gasteiger partial charge in [-0.2, -0.15) is 11.8 Å². The van der Waals surface area contributed by atoms with Crippen molar-refractivity contribution in [2.75, 3.05) is 19.1 Å². The summed E-state index contributed by atoms with van der Waals surface area (Å²) in [5.74, 6) is 1.20. The largest absolute Gasteiger partial charge is 0.507 e. The highest BCUT2D eigenvalue weighted by atomic mass is 32.2. The molecule has 5 heteroatoms. The number of thioether (sulfide) groups is 1. The highest BCUT2D eigenvalue weighted by molar-refractivity contribution is 7.98. The molecule has 0 bridgehead atoms. The van der Waals surface area contributed by atoms with Crippen LogP contribution >= 0.6 is 11.8 Å². The van der Waals surface area contributed by atoms with Gasteiger partial charge in [0.2, 0.25) is 0 Å². The number of hydrogen-bond donors (Lipinski definition) is 2. The molecule has 1 unspecified atom stereocenters. The number of ether oxygens (including phenoxy) is 1. The molecule has 1 rings (SSSR count). The third-order valence-corrected chi connectivity index (χ3v) is 3.23. The maximum absolute atomic E-state index is 11.9. The van der Waals surface area contributed by atoms with Gasteiger partial charge < -0.3 is 15.2 Å². The van der Waals surface area contributed by atoms with Crippen LogP contribution in [0.5, 0.6) is 11.5 Å². The average molecular weight is 269 g/mol. The second-order valence-corrected chi connectivity index (χ2v) is 5.02. The van der Waals surface area contributed by atoms with E-state index in [0.717, 1.165) is 12.2 Å². The number of phenols is 1. The molecule has 1 amide bonds. The van der Waals surface area contributed by atoms with Crippen molar-refractivity contribution >= 4 is 17.7 Å². The standard InChI is InChI=1S/C13H19NO3S/c1-9(6-7-18-3)14-13(16)11-5-4-10(17-2)8-12(11)15/h4-5,8-9,15H,6-7H2,1-3H3,(H,14,16). The summed E-state index contributed by atoms with van der Waals surface area (Å²) in [5, 5.41) is 12.6. The lowest BCUT2D eigenvalue weighted by Gasteiger charge is -2.14. The zero-order valence-corrected chi connectivity index (χ0v) is 11.7. The number of carbonyl (C=O) groups excluding carboxylic acids is 1. The zero-order chi connectivity index (χ0) is 13.5. The highest BCUT2D eigenvalue weighted by Crippen LogP contribution is 2.23. The zero-order valence-electron chi connectivity index (χ0n) is 10.9. The van der Waals surface area contributed by atoms with E-state index in [4.69, 9.17) is 4.74 Å². The Morgan fingerprint density at radius 2 is 2.28 bits per heavy atom. The molecule has 0 fully saturated rings. The molecule has 1 aromatic carbocycles. The molecule has 100 valence electrons. The highest BCUT2D eigenvalue weighted by Gasteiger charge is 2.14. The van der Waals surface area contributed by atoms with Gasteiger partial charge in [0.25, 0.3) is 5.91 Å². The van der Waals surface area contributed by atoms with Gasteiger partial charge in [0.05, 0.1) is 12.7 Å². The van der Waals surface area contributed by atoms with Gasteiger partial charge in [-0.1, -0.05) is 0 Å². The van der Waals surface area contributed by atoms with Crippen molar-refractivity contribution < 1.29 is 14.6 Å². The molecule has 0 aliphatic carbocycles. The van der Waals surface area contributed by atoms with E-state index in [0.29, 0.717) is 5.75 Å². The van der Waals surface area contributed by atoms with Crippen molar-refractivity contribution in [2.24, 2.45) is 0 Å². The van der Waals surface area contributed by atoms with E-state index in [9.17, 15) is 9.90 Å². The quantitative estimate of drug-likeness (QED) is 0.832. The van der Waals surface area contributed by atoms with Gasteiger partial charge >= 0.3 is 0 Å². The molecular formula is C13H19NO3S. The van der Waals surface area contributed by atoms with Crippen LogP contribution in [0, 0.1) is 0 Å². The molecule has 0 aliphatic rings. The van der Waals surface area contributed by atoms with E-state index in [1.807, 2.05) is 13.2 Å². The normalized spacial score (nSPS) is 11.9. The SMILES string of the molecule is COc1ccc(C(=O)NC(C)CCSC)c(O)c1. The van der Waals surface area contributed by atoms with Crippen LogP contribution in [0.3, 0.4) is 0 Å². The number of phenolic OH excluding ortho intramolecular Hbond substituents is 1. The van der Waals surface area contributed by atoms with Gasteiger partial charge in [-0.25, -0.2) is 0 Å². The van der Waals surface area contributed by atoms with Crippen LogP contribution in [0.2, 0.25) is 0 Å². The average Bonchev–Trinajstić information content (AvgIpc) is 2.35. The van der Waals surface area contributed by atoms with E-state index in [1.165, 1.54) is 13.2 Å². The number of benzene rings is 1. The lowest BCUT2D eigenvalue weighted by molar-refractivity contribution is 0.0937. The summed E-state index contributed by atoms with van der Waals surface area (Å²) in [6.45, 7) is 1.95. The molecule has 2 N–H and O–H groups in total. The fraction of sp³-hybridized carbons (Fsp3) is 0.462. The molecule has 0 aromatic heterocycles. The maximum atomic E-state index is 11.9. The third kappa shape index (κ3) is 4.14. The minimum atomic E-state index is -0.260. The molecule has 0 saturated carbocycles. The van der Waals surface area contributed by atoms with Crippen LogP contribution < -0.4 is 10.1 Å². The van der Waals surface area contributed by atoms with Crippen molar-refractivity contribution in [2.45, 2.75) is 19.4 Å². The summed E-state index contributed by atoms with van der Waals surface area (Å²) in [5.41, 5.74) is 0.270. The van der Waals surface area contributed by atoms with Gasteiger partial charge in [-0.05, 0) is 37.5 Å². The number of amides is 1. The number of carbonyl (C=O) groups is 1. The Morgan fingerprint density at radius 3 is 2.83 bits per heavy atom. The van der Waals surface area contributed by atoms with Crippen LogP contribution in [-0.4, -0.2) is 36.2 Å². The number of rotatable bonds is 6. The number of hydrogen-bond acceptors (Lipinski definition) is 4. The fourth-order valence-corrected chi connectivity index (χ4v) is 2.09.